The fourth-order valence-corrected chi connectivity index (χ4v) is 4.72. The average Bonchev–Trinajstić information content (AvgIpc) is 2.91. The molecule has 11 heteroatoms. The molecule has 2 aliphatic rings. The van der Waals surface area contributed by atoms with Crippen LogP contribution in [0.3, 0.4) is 0 Å². The van der Waals surface area contributed by atoms with E-state index in [9.17, 15) is 14.7 Å². The van der Waals surface area contributed by atoms with Crippen molar-refractivity contribution >= 4 is 40.1 Å². The topological polar surface area (TPSA) is 120 Å². The molecule has 0 spiro atoms. The van der Waals surface area contributed by atoms with Crippen molar-refractivity contribution in [3.63, 3.8) is 0 Å². The van der Waals surface area contributed by atoms with Gasteiger partial charge in [0.05, 0.1) is 11.3 Å². The van der Waals surface area contributed by atoms with Crippen molar-refractivity contribution in [1.29, 1.82) is 0 Å². The van der Waals surface area contributed by atoms with Crippen LogP contribution in [-0.2, 0) is 0 Å². The number of piperazine rings is 2. The standard InChI is InChI=1S/C27H34N8O3/c1-32-9-13-34(14-10-32)21-6-3-19(4-7-21)28-18-24-22-8-5-20(17-23(22)25(36)30-26(24)37)29-27(38)31-35-15-11-33(2)12-16-35/h3-8,17-18H,9-16H2,1-2H3,(H2,29,31,38)(H2,30,36,37). The molecule has 2 aliphatic heterocycles. The Morgan fingerprint density at radius 1 is 0.921 bits per heavy atom. The van der Waals surface area contributed by atoms with Crippen LogP contribution in [0.25, 0.3) is 10.8 Å². The van der Waals surface area contributed by atoms with Gasteiger partial charge in [-0.05, 0) is 50.5 Å². The number of rotatable bonds is 5. The van der Waals surface area contributed by atoms with Crippen LogP contribution in [0.15, 0.2) is 52.3 Å². The summed E-state index contributed by atoms with van der Waals surface area (Å²) in [7, 11) is 4.18. The second-order valence-electron chi connectivity index (χ2n) is 9.90. The molecule has 3 heterocycles. The lowest BCUT2D eigenvalue weighted by Crippen LogP contribution is -2.53. The zero-order chi connectivity index (χ0) is 26.6. The molecule has 2 amide bonds. The van der Waals surface area contributed by atoms with Crippen LogP contribution < -0.4 is 21.2 Å². The second kappa shape index (κ2) is 11.2. The van der Waals surface area contributed by atoms with E-state index in [2.05, 4.69) is 42.5 Å². The van der Waals surface area contributed by atoms with Crippen molar-refractivity contribution in [1.82, 2.24) is 25.2 Å². The van der Waals surface area contributed by atoms with Crippen molar-refractivity contribution in [3.8, 4) is 5.88 Å². The number of carbonyl (C=O) groups excluding carboxylic acids is 1. The Labute approximate surface area is 221 Å². The van der Waals surface area contributed by atoms with Gasteiger partial charge in [-0.2, -0.15) is 0 Å². The molecule has 3 aromatic rings. The molecular weight excluding hydrogens is 484 g/mol. The van der Waals surface area contributed by atoms with E-state index in [-0.39, 0.29) is 11.9 Å². The van der Waals surface area contributed by atoms with Crippen LogP contribution in [0.2, 0.25) is 0 Å². The van der Waals surface area contributed by atoms with E-state index in [0.29, 0.717) is 22.0 Å². The van der Waals surface area contributed by atoms with Gasteiger partial charge in [0.2, 0.25) is 5.88 Å². The van der Waals surface area contributed by atoms with Gasteiger partial charge in [-0.25, -0.2) is 9.80 Å². The van der Waals surface area contributed by atoms with Crippen LogP contribution in [0.4, 0.5) is 21.9 Å². The fraction of sp³-hybridized carbons (Fsp3) is 0.370. The van der Waals surface area contributed by atoms with Gasteiger partial charge in [0.25, 0.3) is 5.56 Å². The summed E-state index contributed by atoms with van der Waals surface area (Å²) < 4.78 is 0. The number of pyridine rings is 1. The minimum Gasteiger partial charge on any atom is -0.494 e. The maximum Gasteiger partial charge on any atom is 0.333 e. The third kappa shape index (κ3) is 5.96. The van der Waals surface area contributed by atoms with Crippen LogP contribution in [0.1, 0.15) is 5.56 Å². The van der Waals surface area contributed by atoms with Crippen LogP contribution in [0.5, 0.6) is 5.88 Å². The number of fused-ring (bicyclic) bond motifs is 1. The van der Waals surface area contributed by atoms with E-state index in [1.54, 1.807) is 24.4 Å². The number of aromatic amines is 1. The summed E-state index contributed by atoms with van der Waals surface area (Å²) in [6, 6.07) is 12.6. The Morgan fingerprint density at radius 3 is 2.26 bits per heavy atom. The van der Waals surface area contributed by atoms with Crippen molar-refractivity contribution in [3.05, 3.63) is 58.4 Å². The molecule has 38 heavy (non-hydrogen) atoms. The Hall–Kier alpha value is -3.93. The highest BCUT2D eigenvalue weighted by molar-refractivity contribution is 6.03. The van der Waals surface area contributed by atoms with E-state index in [4.69, 9.17) is 0 Å². The van der Waals surface area contributed by atoms with Gasteiger partial charge in [0.1, 0.15) is 0 Å². The Balaban J connectivity index is 1.30. The summed E-state index contributed by atoms with van der Waals surface area (Å²) in [5.74, 6) is -0.256. The van der Waals surface area contributed by atoms with Gasteiger partial charge < -0.3 is 25.1 Å². The zero-order valence-electron chi connectivity index (χ0n) is 21.8. The van der Waals surface area contributed by atoms with Crippen molar-refractivity contribution < 1.29 is 9.90 Å². The molecule has 0 saturated carbocycles. The first-order valence-corrected chi connectivity index (χ1v) is 12.8. The van der Waals surface area contributed by atoms with Crippen molar-refractivity contribution in [2.45, 2.75) is 0 Å². The predicted octanol–water partition coefficient (Wildman–Crippen LogP) is 2.02. The van der Waals surface area contributed by atoms with Crippen LogP contribution >= 0.6 is 0 Å². The number of aliphatic imine (C=N–C) groups is 1. The first-order chi connectivity index (χ1) is 18.4. The zero-order valence-corrected chi connectivity index (χ0v) is 21.8. The van der Waals surface area contributed by atoms with Crippen molar-refractivity contribution in [2.24, 2.45) is 4.99 Å². The predicted molar refractivity (Wildman–Crippen MR) is 151 cm³/mol. The minimum atomic E-state index is -0.450. The van der Waals surface area contributed by atoms with Gasteiger partial charge in [-0.1, -0.05) is 6.07 Å². The summed E-state index contributed by atoms with van der Waals surface area (Å²) in [5.41, 5.74) is 5.16. The highest BCUT2D eigenvalue weighted by atomic mass is 16.3. The molecule has 5 rings (SSSR count). The van der Waals surface area contributed by atoms with Gasteiger partial charge >= 0.3 is 6.03 Å². The van der Waals surface area contributed by atoms with Crippen molar-refractivity contribution in [2.75, 3.05) is 76.7 Å². The van der Waals surface area contributed by atoms with E-state index in [0.717, 1.165) is 63.7 Å². The van der Waals surface area contributed by atoms with Gasteiger partial charge in [-0.3, -0.25) is 20.2 Å². The monoisotopic (exact) mass is 518 g/mol. The Bertz CT molecular complexity index is 1370. The summed E-state index contributed by atoms with van der Waals surface area (Å²) in [6.45, 7) is 7.28. The lowest BCUT2D eigenvalue weighted by molar-refractivity contribution is 0.116. The molecule has 4 N–H and O–H groups in total. The number of urea groups is 1. The minimum absolute atomic E-state index is 0.256. The van der Waals surface area contributed by atoms with Gasteiger partial charge in [0.15, 0.2) is 0 Å². The summed E-state index contributed by atoms with van der Waals surface area (Å²) in [4.78, 5) is 39.0. The average molecular weight is 519 g/mol. The molecule has 0 radical (unpaired) electrons. The molecule has 2 aromatic carbocycles. The first kappa shape index (κ1) is 25.7. The maximum absolute atomic E-state index is 12.6. The van der Waals surface area contributed by atoms with E-state index >= 15 is 0 Å². The number of hydrogen-bond donors (Lipinski definition) is 4. The molecule has 0 bridgehead atoms. The number of aromatic hydroxyl groups is 1. The number of carbonyl (C=O) groups is 1. The highest BCUT2D eigenvalue weighted by Gasteiger charge is 2.17. The number of H-pyrrole nitrogens is 1. The number of nitrogens with zero attached hydrogens (tertiary/aromatic N) is 5. The van der Waals surface area contributed by atoms with Gasteiger partial charge in [-0.15, -0.1) is 0 Å². The third-order valence-electron chi connectivity index (χ3n) is 7.12. The van der Waals surface area contributed by atoms with E-state index in [1.807, 2.05) is 36.3 Å². The highest BCUT2D eigenvalue weighted by Crippen LogP contribution is 2.25. The Morgan fingerprint density at radius 2 is 1.58 bits per heavy atom. The van der Waals surface area contributed by atoms with E-state index in [1.165, 1.54) is 0 Å². The molecule has 0 aliphatic carbocycles. The number of amides is 2. The molecule has 0 unspecified atom stereocenters. The SMILES string of the molecule is CN1CCN(NC(=O)Nc2ccc3c(C=Nc4ccc(N5CCN(C)CC5)cc4)c(O)[nH]c(=O)c3c2)CC1. The molecule has 11 nitrogen and oxygen atoms in total. The quantitative estimate of drug-likeness (QED) is 0.382. The molecular formula is C27H34N8O3. The molecule has 0 atom stereocenters. The largest absolute Gasteiger partial charge is 0.494 e. The summed E-state index contributed by atoms with van der Waals surface area (Å²) in [6.07, 6.45) is 1.55. The summed E-state index contributed by atoms with van der Waals surface area (Å²) in [5, 5.41) is 16.0. The number of anilines is 2. The van der Waals surface area contributed by atoms with Crippen LogP contribution in [-0.4, -0.2) is 104 Å². The normalized spacial score (nSPS) is 17.8. The van der Waals surface area contributed by atoms with Gasteiger partial charge in [0, 0.05) is 80.7 Å². The number of nitrogens with one attached hydrogen (secondary N) is 3. The first-order valence-electron chi connectivity index (χ1n) is 12.8. The molecule has 2 saturated heterocycles. The maximum atomic E-state index is 12.6. The smallest absolute Gasteiger partial charge is 0.333 e. The number of hydrazine groups is 1. The van der Waals surface area contributed by atoms with Crippen LogP contribution in [0, 0.1) is 0 Å². The number of aromatic nitrogens is 1. The summed E-state index contributed by atoms with van der Waals surface area (Å²) >= 11 is 0. The number of hydrogen-bond acceptors (Lipinski definition) is 8. The lowest BCUT2D eigenvalue weighted by atomic mass is 10.1. The third-order valence-corrected chi connectivity index (χ3v) is 7.12. The fourth-order valence-electron chi connectivity index (χ4n) is 4.72. The number of benzene rings is 2. The van der Waals surface area contributed by atoms with E-state index < -0.39 is 5.56 Å². The number of likely N-dealkylation sites (N-methyl/N-ethyl adjacent to an activating group) is 2. The molecule has 2 fully saturated rings. The molecule has 1 aromatic heterocycles. The lowest BCUT2D eigenvalue weighted by Gasteiger charge is -2.34. The Kier molecular flexibility index (Phi) is 7.59. The molecule has 200 valence electrons. The second-order valence-corrected chi connectivity index (χ2v) is 9.90.